The van der Waals surface area contributed by atoms with E-state index in [9.17, 15) is 21.6 Å². The number of nitrogens with zero attached hydrogens (tertiary/aromatic N) is 2. The Morgan fingerprint density at radius 2 is 1.68 bits per heavy atom. The van der Waals surface area contributed by atoms with Gasteiger partial charge in [0.05, 0.1) is 16.8 Å². The Balaban J connectivity index is 1.78. The maximum absolute atomic E-state index is 12.8. The zero-order valence-corrected chi connectivity index (χ0v) is 19.5. The van der Waals surface area contributed by atoms with Crippen molar-refractivity contribution in [2.75, 3.05) is 29.0 Å². The molecule has 3 rings (SSSR count). The van der Waals surface area contributed by atoms with Crippen LogP contribution >= 0.6 is 11.6 Å². The van der Waals surface area contributed by atoms with Gasteiger partial charge >= 0.3 is 0 Å². The molecule has 0 aliphatic carbocycles. The van der Waals surface area contributed by atoms with Gasteiger partial charge in [0.15, 0.2) is 0 Å². The van der Waals surface area contributed by atoms with Crippen LogP contribution in [0.15, 0.2) is 53.4 Å². The van der Waals surface area contributed by atoms with E-state index in [1.807, 2.05) is 0 Å². The van der Waals surface area contributed by atoms with Gasteiger partial charge in [-0.2, -0.15) is 4.31 Å². The second-order valence-corrected chi connectivity index (χ2v) is 11.6. The van der Waals surface area contributed by atoms with Crippen molar-refractivity contribution >= 4 is 48.9 Å². The highest BCUT2D eigenvalue weighted by atomic mass is 35.5. The van der Waals surface area contributed by atoms with Gasteiger partial charge in [-0.3, -0.25) is 9.10 Å². The summed E-state index contributed by atoms with van der Waals surface area (Å²) in [6, 6.07) is 11.0. The number of halogens is 1. The quantitative estimate of drug-likeness (QED) is 0.649. The number of carbonyl (C=O) groups excluding carboxylic acids is 1. The molecule has 11 heteroatoms. The summed E-state index contributed by atoms with van der Waals surface area (Å²) in [5.41, 5.74) is 0.626. The second-order valence-electron chi connectivity index (χ2n) is 7.34. The molecular weight excluding hydrogens is 462 g/mol. The first-order valence-electron chi connectivity index (χ1n) is 9.66. The van der Waals surface area contributed by atoms with Crippen LogP contribution in [0, 0.1) is 0 Å². The van der Waals surface area contributed by atoms with E-state index in [4.69, 9.17) is 11.6 Å². The summed E-state index contributed by atoms with van der Waals surface area (Å²) in [4.78, 5) is 12.9. The van der Waals surface area contributed by atoms with E-state index in [0.29, 0.717) is 23.8 Å². The first-order valence-corrected chi connectivity index (χ1v) is 13.3. The standard InChI is InChI=1S/C20H24ClN3O5S2/c1-15(24(30(2,26)27)18-7-5-6-16(21)14-18)20(25)22-17-8-10-19(11-9-17)31(28,29)23-12-3-4-13-23/h5-11,14-15H,3-4,12-13H2,1-2H3,(H,22,25)/t15-/m1/s1. The molecule has 1 aliphatic rings. The zero-order chi connectivity index (χ0) is 22.8. The fraction of sp³-hybridized carbons (Fsp3) is 0.350. The summed E-state index contributed by atoms with van der Waals surface area (Å²) < 4.78 is 52.4. The van der Waals surface area contributed by atoms with Gasteiger partial charge in [0.2, 0.25) is 26.0 Å². The average Bonchev–Trinajstić information content (AvgIpc) is 3.23. The van der Waals surface area contributed by atoms with Gasteiger partial charge in [0.1, 0.15) is 6.04 Å². The number of sulfonamides is 2. The first kappa shape index (κ1) is 23.5. The number of benzene rings is 2. The van der Waals surface area contributed by atoms with Gasteiger partial charge < -0.3 is 5.32 Å². The molecule has 2 aromatic carbocycles. The van der Waals surface area contributed by atoms with Crippen molar-refractivity contribution in [3.8, 4) is 0 Å². The van der Waals surface area contributed by atoms with Gasteiger partial charge in [0.25, 0.3) is 0 Å². The molecule has 1 amide bonds. The summed E-state index contributed by atoms with van der Waals surface area (Å²) in [5.74, 6) is -0.569. The van der Waals surface area contributed by atoms with Crippen molar-refractivity contribution in [3.63, 3.8) is 0 Å². The lowest BCUT2D eigenvalue weighted by Crippen LogP contribution is -2.45. The number of hydrogen-bond donors (Lipinski definition) is 1. The second kappa shape index (κ2) is 9.15. The number of hydrogen-bond acceptors (Lipinski definition) is 5. The predicted octanol–water partition coefficient (Wildman–Crippen LogP) is 2.92. The molecule has 0 bridgehead atoms. The van der Waals surface area contributed by atoms with Crippen LogP contribution in [0.25, 0.3) is 0 Å². The van der Waals surface area contributed by atoms with Crippen LogP contribution in [0.1, 0.15) is 19.8 Å². The zero-order valence-electron chi connectivity index (χ0n) is 17.2. The van der Waals surface area contributed by atoms with Crippen molar-refractivity contribution in [1.29, 1.82) is 0 Å². The first-order chi connectivity index (χ1) is 14.5. The predicted molar refractivity (Wildman–Crippen MR) is 121 cm³/mol. The summed E-state index contributed by atoms with van der Waals surface area (Å²) in [6.45, 7) is 2.47. The molecular formula is C20H24ClN3O5S2. The molecule has 8 nitrogen and oxygen atoms in total. The third-order valence-corrected chi connectivity index (χ3v) is 8.37. The van der Waals surface area contributed by atoms with Crippen molar-refractivity contribution in [2.24, 2.45) is 0 Å². The fourth-order valence-electron chi connectivity index (χ4n) is 3.46. The largest absolute Gasteiger partial charge is 0.324 e. The summed E-state index contributed by atoms with van der Waals surface area (Å²) in [5, 5.41) is 2.98. The Bertz CT molecular complexity index is 1160. The van der Waals surface area contributed by atoms with Gasteiger partial charge in [0, 0.05) is 23.8 Å². The Morgan fingerprint density at radius 3 is 2.23 bits per heavy atom. The van der Waals surface area contributed by atoms with E-state index in [0.717, 1.165) is 23.4 Å². The van der Waals surface area contributed by atoms with Gasteiger partial charge in [-0.25, -0.2) is 16.8 Å². The van der Waals surface area contributed by atoms with E-state index in [-0.39, 0.29) is 10.6 Å². The van der Waals surface area contributed by atoms with E-state index < -0.39 is 32.0 Å². The summed E-state index contributed by atoms with van der Waals surface area (Å²) >= 11 is 5.98. The SMILES string of the molecule is C[C@H](C(=O)Nc1ccc(S(=O)(=O)N2CCCC2)cc1)N(c1cccc(Cl)c1)S(C)(=O)=O. The van der Waals surface area contributed by atoms with Crippen LogP contribution in [0.4, 0.5) is 11.4 Å². The molecule has 0 radical (unpaired) electrons. The number of carbonyl (C=O) groups is 1. The number of amides is 1. The molecule has 2 aromatic rings. The molecule has 0 spiro atoms. The molecule has 1 fully saturated rings. The van der Waals surface area contributed by atoms with Crippen LogP contribution in [-0.4, -0.2) is 52.4 Å². The summed E-state index contributed by atoms with van der Waals surface area (Å²) in [7, 11) is -7.33. The van der Waals surface area contributed by atoms with Crippen LogP contribution < -0.4 is 9.62 Å². The molecule has 0 saturated carbocycles. The molecule has 31 heavy (non-hydrogen) atoms. The molecule has 1 atom stereocenters. The van der Waals surface area contributed by atoms with Gasteiger partial charge in [-0.15, -0.1) is 0 Å². The summed E-state index contributed by atoms with van der Waals surface area (Å²) in [6.07, 6.45) is 2.69. The lowest BCUT2D eigenvalue weighted by atomic mass is 10.2. The number of rotatable bonds is 7. The van der Waals surface area contributed by atoms with Gasteiger partial charge in [-0.05, 0) is 62.2 Å². The monoisotopic (exact) mass is 485 g/mol. The Morgan fingerprint density at radius 1 is 1.06 bits per heavy atom. The van der Waals surface area contributed by atoms with Crippen LogP contribution in [0.3, 0.4) is 0 Å². The minimum absolute atomic E-state index is 0.150. The molecule has 1 N–H and O–H groups in total. The van der Waals surface area contributed by atoms with E-state index >= 15 is 0 Å². The molecule has 1 aliphatic heterocycles. The highest BCUT2D eigenvalue weighted by Crippen LogP contribution is 2.25. The van der Waals surface area contributed by atoms with Crippen LogP contribution in [-0.2, 0) is 24.8 Å². The fourth-order valence-corrected chi connectivity index (χ4v) is 6.32. The maximum atomic E-state index is 12.8. The Labute approximate surface area is 187 Å². The van der Waals surface area contributed by atoms with Crippen LogP contribution in [0.2, 0.25) is 5.02 Å². The molecule has 0 unspecified atom stereocenters. The third kappa shape index (κ3) is 5.38. The van der Waals surface area contributed by atoms with Crippen LogP contribution in [0.5, 0.6) is 0 Å². The van der Waals surface area contributed by atoms with E-state index in [1.54, 1.807) is 18.2 Å². The smallest absolute Gasteiger partial charge is 0.247 e. The molecule has 0 aromatic heterocycles. The maximum Gasteiger partial charge on any atom is 0.247 e. The third-order valence-electron chi connectivity index (χ3n) is 4.98. The lowest BCUT2D eigenvalue weighted by Gasteiger charge is -2.28. The molecule has 1 heterocycles. The minimum atomic E-state index is -3.78. The van der Waals surface area contributed by atoms with E-state index in [2.05, 4.69) is 5.32 Å². The normalized spacial score (nSPS) is 16.1. The Kier molecular flexibility index (Phi) is 6.95. The lowest BCUT2D eigenvalue weighted by molar-refractivity contribution is -0.116. The number of nitrogens with one attached hydrogen (secondary N) is 1. The highest BCUT2D eigenvalue weighted by molar-refractivity contribution is 7.92. The molecule has 168 valence electrons. The van der Waals surface area contributed by atoms with Crippen molar-refractivity contribution in [2.45, 2.75) is 30.7 Å². The van der Waals surface area contributed by atoms with E-state index in [1.165, 1.54) is 41.6 Å². The average molecular weight is 486 g/mol. The molecule has 1 saturated heterocycles. The van der Waals surface area contributed by atoms with Crippen molar-refractivity contribution in [1.82, 2.24) is 4.31 Å². The minimum Gasteiger partial charge on any atom is -0.324 e. The van der Waals surface area contributed by atoms with Crippen molar-refractivity contribution in [3.05, 3.63) is 53.6 Å². The van der Waals surface area contributed by atoms with Crippen molar-refractivity contribution < 1.29 is 21.6 Å². The highest BCUT2D eigenvalue weighted by Gasteiger charge is 2.30. The Hall–Kier alpha value is -2.14. The number of anilines is 2. The topological polar surface area (TPSA) is 104 Å². The van der Waals surface area contributed by atoms with Gasteiger partial charge in [-0.1, -0.05) is 17.7 Å².